The van der Waals surface area contributed by atoms with Gasteiger partial charge in [0.25, 0.3) is 11.4 Å². The third-order valence-corrected chi connectivity index (χ3v) is 2.17. The maximum absolute atomic E-state index is 10.6. The van der Waals surface area contributed by atoms with Gasteiger partial charge in [0.05, 0.1) is 26.2 Å². The quantitative estimate of drug-likeness (QED) is 0.120. The second kappa shape index (κ2) is 20.6. The van der Waals surface area contributed by atoms with Crippen molar-refractivity contribution in [3.05, 3.63) is 0 Å². The van der Waals surface area contributed by atoms with E-state index in [0.717, 1.165) is 9.80 Å². The number of aliphatic carboxylic acids is 4. The van der Waals surface area contributed by atoms with Crippen LogP contribution in [0.4, 0.5) is 0 Å². The molecule has 17 heteroatoms. The average molecular weight is 464 g/mol. The van der Waals surface area contributed by atoms with E-state index in [-0.39, 0.29) is 42.5 Å². The van der Waals surface area contributed by atoms with Crippen molar-refractivity contribution in [2.75, 3.05) is 39.3 Å². The van der Waals surface area contributed by atoms with E-state index < -0.39 is 61.4 Å². The minimum Gasteiger partial charge on any atom is -0.480 e. The van der Waals surface area contributed by atoms with Crippen molar-refractivity contribution in [3.63, 3.8) is 0 Å². The van der Waals surface area contributed by atoms with Crippen LogP contribution in [0.3, 0.4) is 0 Å². The van der Waals surface area contributed by atoms with Gasteiger partial charge in [-0.3, -0.25) is 38.1 Å². The van der Waals surface area contributed by atoms with E-state index in [4.69, 9.17) is 33.7 Å². The van der Waals surface area contributed by atoms with Crippen LogP contribution in [0, 0.1) is 0 Å². The third kappa shape index (κ3) is 32.4. The Balaban J connectivity index is -0.000000209. The van der Waals surface area contributed by atoms with Crippen molar-refractivity contribution in [2.24, 2.45) is 0 Å². The summed E-state index contributed by atoms with van der Waals surface area (Å²) in [7, 11) is 0. The second-order valence-corrected chi connectivity index (χ2v) is 4.69. The smallest absolute Gasteiger partial charge is 0.317 e. The standard InChI is InChI=1S/C10H16N2O8.Fe.2H3N.H2O3S/c13-7(14)3-11(4-8(15)16)1-2-12(5-9(17)18)6-10(19)20;;;;1-4(2)3/h1-6H2,(H,13,14)(H,15,16)(H,17,18)(H,19,20);;2*1H3;(H2,1,2,3). The number of carboxylic acids is 4. The van der Waals surface area contributed by atoms with Crippen LogP contribution in [0.15, 0.2) is 0 Å². The van der Waals surface area contributed by atoms with E-state index in [9.17, 15) is 19.2 Å². The minimum absolute atomic E-state index is 0. The van der Waals surface area contributed by atoms with Crippen molar-refractivity contribution in [1.29, 1.82) is 0 Å². The molecule has 0 aliphatic rings. The van der Waals surface area contributed by atoms with Crippen LogP contribution in [-0.2, 0) is 47.6 Å². The van der Waals surface area contributed by atoms with Crippen molar-refractivity contribution in [3.8, 4) is 0 Å². The Morgan fingerprint density at radius 2 is 0.778 bits per heavy atom. The van der Waals surface area contributed by atoms with Gasteiger partial charge in [0, 0.05) is 30.2 Å². The summed E-state index contributed by atoms with van der Waals surface area (Å²) in [5.41, 5.74) is 0. The Morgan fingerprint density at radius 1 is 0.630 bits per heavy atom. The van der Waals surface area contributed by atoms with Gasteiger partial charge in [-0.2, -0.15) is 4.21 Å². The van der Waals surface area contributed by atoms with Crippen LogP contribution < -0.4 is 12.3 Å². The number of hydrogen-bond acceptors (Lipinski definition) is 9. The van der Waals surface area contributed by atoms with Gasteiger partial charge in [-0.15, -0.1) is 0 Å². The summed E-state index contributed by atoms with van der Waals surface area (Å²) in [6, 6.07) is 0. The van der Waals surface area contributed by atoms with Gasteiger partial charge in [0.1, 0.15) is 0 Å². The molecule has 0 bridgehead atoms. The van der Waals surface area contributed by atoms with Crippen molar-refractivity contribution >= 4 is 35.2 Å². The van der Waals surface area contributed by atoms with Gasteiger partial charge in [-0.25, -0.2) is 0 Å². The first-order chi connectivity index (χ1) is 10.9. The molecule has 15 nitrogen and oxygen atoms in total. The zero-order valence-corrected chi connectivity index (χ0v) is 16.0. The molecule has 0 aromatic rings. The van der Waals surface area contributed by atoms with E-state index in [1.54, 1.807) is 0 Å². The fourth-order valence-electron chi connectivity index (χ4n) is 1.48. The Labute approximate surface area is 167 Å². The van der Waals surface area contributed by atoms with E-state index in [0.29, 0.717) is 0 Å². The number of carboxylic acid groups (broad SMARTS) is 4. The molecule has 0 saturated carbocycles. The van der Waals surface area contributed by atoms with Crippen LogP contribution in [-0.4, -0.2) is 107 Å². The Morgan fingerprint density at radius 3 is 0.889 bits per heavy atom. The first-order valence-corrected chi connectivity index (χ1v) is 7.12. The van der Waals surface area contributed by atoms with Crippen LogP contribution in [0.5, 0.6) is 0 Å². The molecule has 0 aliphatic heterocycles. The molecule has 12 N–H and O–H groups in total. The molecule has 0 fully saturated rings. The third-order valence-electron chi connectivity index (χ3n) is 2.17. The molecule has 27 heavy (non-hydrogen) atoms. The van der Waals surface area contributed by atoms with Crippen LogP contribution in [0.2, 0.25) is 0 Å². The summed E-state index contributed by atoms with van der Waals surface area (Å²) in [5.74, 6) is -4.91. The molecule has 0 aromatic carbocycles. The van der Waals surface area contributed by atoms with Gasteiger partial charge in [-0.05, 0) is 0 Å². The monoisotopic (exact) mass is 464 g/mol. The van der Waals surface area contributed by atoms with E-state index in [1.165, 1.54) is 0 Å². The molecule has 0 saturated heterocycles. The van der Waals surface area contributed by atoms with E-state index >= 15 is 0 Å². The molecule has 0 atom stereocenters. The van der Waals surface area contributed by atoms with Crippen molar-refractivity contribution < 1.29 is 70.0 Å². The van der Waals surface area contributed by atoms with Crippen LogP contribution >= 0.6 is 0 Å². The zero-order chi connectivity index (χ0) is 19.3. The molecule has 164 valence electrons. The summed E-state index contributed by atoms with van der Waals surface area (Å²) in [6.07, 6.45) is 0. The molecule has 0 spiro atoms. The molecule has 0 amide bonds. The summed E-state index contributed by atoms with van der Waals surface area (Å²) in [5, 5.41) is 34.5. The minimum atomic E-state index is -2.61. The average Bonchev–Trinajstić information content (AvgIpc) is 2.32. The molecule has 0 aliphatic carbocycles. The summed E-state index contributed by atoms with van der Waals surface area (Å²) in [6.45, 7) is -2.25. The SMILES string of the molecule is N.N.O=C(O)CN(CCN(CC(=O)O)CC(=O)O)CC(=O)O.O=S(O)O.[Fe]. The van der Waals surface area contributed by atoms with Gasteiger partial charge in [0.2, 0.25) is 0 Å². The molecular weight excluding hydrogens is 440 g/mol. The Kier molecular flexibility index (Phi) is 27.7. The topological polar surface area (TPSA) is 283 Å². The zero-order valence-electron chi connectivity index (χ0n) is 14.0. The molecule has 0 radical (unpaired) electrons. The summed E-state index contributed by atoms with van der Waals surface area (Å²) >= 11 is -2.61. The molecule has 0 heterocycles. The number of hydrogen-bond donors (Lipinski definition) is 8. The maximum atomic E-state index is 10.6. The summed E-state index contributed by atoms with van der Waals surface area (Å²) < 4.78 is 22.8. The van der Waals surface area contributed by atoms with Gasteiger partial charge in [-0.1, -0.05) is 0 Å². The number of nitrogens with zero attached hydrogens (tertiary/aromatic N) is 2. The van der Waals surface area contributed by atoms with E-state index in [1.807, 2.05) is 0 Å². The van der Waals surface area contributed by atoms with Gasteiger partial charge in [0.15, 0.2) is 0 Å². The molecule has 0 unspecified atom stereocenters. The predicted molar refractivity (Wildman–Crippen MR) is 86.9 cm³/mol. The van der Waals surface area contributed by atoms with Gasteiger partial charge < -0.3 is 32.7 Å². The summed E-state index contributed by atoms with van der Waals surface area (Å²) in [4.78, 5) is 44.4. The van der Waals surface area contributed by atoms with Crippen LogP contribution in [0.25, 0.3) is 0 Å². The fraction of sp³-hybridized carbons (Fsp3) is 0.600. The largest absolute Gasteiger partial charge is 0.480 e. The molecule has 0 rings (SSSR count). The Bertz CT molecular complexity index is 410. The van der Waals surface area contributed by atoms with Crippen molar-refractivity contribution in [1.82, 2.24) is 22.1 Å². The van der Waals surface area contributed by atoms with Gasteiger partial charge >= 0.3 is 23.9 Å². The normalized spacial score (nSPS) is 9.22. The molecule has 0 aromatic heterocycles. The number of rotatable bonds is 11. The van der Waals surface area contributed by atoms with Crippen molar-refractivity contribution in [2.45, 2.75) is 0 Å². The second-order valence-electron chi connectivity index (χ2n) is 4.23. The van der Waals surface area contributed by atoms with E-state index in [2.05, 4.69) is 0 Å². The first kappa shape index (κ1) is 36.3. The maximum Gasteiger partial charge on any atom is 0.317 e. The molecular formula is C10H24FeN4O11S. The number of carbonyl (C=O) groups is 4. The fourth-order valence-corrected chi connectivity index (χ4v) is 1.48. The predicted octanol–water partition coefficient (Wildman–Crippen LogP) is -2.07. The Hall–Kier alpha value is -1.69. The van der Waals surface area contributed by atoms with Crippen LogP contribution in [0.1, 0.15) is 0 Å². The first-order valence-electron chi connectivity index (χ1n) is 6.05.